The first-order chi connectivity index (χ1) is 7.65. The lowest BCUT2D eigenvalue weighted by Crippen LogP contribution is -2.14. The summed E-state index contributed by atoms with van der Waals surface area (Å²) in [6.07, 6.45) is 5.14. The molecule has 1 heterocycles. The first-order valence-electron chi connectivity index (χ1n) is 5.40. The van der Waals surface area contributed by atoms with Crippen LogP contribution in [0.1, 0.15) is 25.7 Å². The molecule has 2 rings (SSSR count). The van der Waals surface area contributed by atoms with Gasteiger partial charge in [-0.3, -0.25) is 0 Å². The molecule has 1 aromatic heterocycles. The van der Waals surface area contributed by atoms with Gasteiger partial charge in [0.1, 0.15) is 0 Å². The standard InChI is InChI=1S/C10H15ClN4S/c1-15(2)9-12-8(11)13-10(14-9)16-7-5-3-4-6-7/h7H,3-6H2,1-2H3. The van der Waals surface area contributed by atoms with E-state index >= 15 is 0 Å². The lowest BCUT2D eigenvalue weighted by molar-refractivity contribution is 0.846. The normalized spacial score (nSPS) is 16.7. The fraction of sp³-hybridized carbons (Fsp3) is 0.700. The number of nitrogens with zero attached hydrogens (tertiary/aromatic N) is 4. The third-order valence-electron chi connectivity index (χ3n) is 2.55. The summed E-state index contributed by atoms with van der Waals surface area (Å²) in [6.45, 7) is 0. The number of hydrogen-bond acceptors (Lipinski definition) is 5. The second kappa shape index (κ2) is 5.19. The molecule has 0 saturated heterocycles. The van der Waals surface area contributed by atoms with Crippen LogP contribution >= 0.6 is 23.4 Å². The van der Waals surface area contributed by atoms with Crippen molar-refractivity contribution in [2.24, 2.45) is 0 Å². The molecule has 4 nitrogen and oxygen atoms in total. The van der Waals surface area contributed by atoms with Crippen molar-refractivity contribution in [2.75, 3.05) is 19.0 Å². The van der Waals surface area contributed by atoms with Gasteiger partial charge < -0.3 is 4.90 Å². The van der Waals surface area contributed by atoms with E-state index < -0.39 is 0 Å². The number of rotatable bonds is 3. The average Bonchev–Trinajstić information content (AvgIpc) is 2.69. The number of thioether (sulfide) groups is 1. The third kappa shape index (κ3) is 2.98. The smallest absolute Gasteiger partial charge is 0.230 e. The number of hydrogen-bond donors (Lipinski definition) is 0. The van der Waals surface area contributed by atoms with E-state index in [0.29, 0.717) is 11.2 Å². The van der Waals surface area contributed by atoms with Crippen LogP contribution in [0.5, 0.6) is 0 Å². The van der Waals surface area contributed by atoms with E-state index in [-0.39, 0.29) is 5.28 Å². The molecule has 88 valence electrons. The van der Waals surface area contributed by atoms with Crippen molar-refractivity contribution in [1.29, 1.82) is 0 Å². The molecule has 0 N–H and O–H groups in total. The molecule has 1 aliphatic rings. The van der Waals surface area contributed by atoms with Crippen LogP contribution in [0.4, 0.5) is 5.95 Å². The van der Waals surface area contributed by atoms with Crippen molar-refractivity contribution >= 4 is 29.3 Å². The first-order valence-corrected chi connectivity index (χ1v) is 6.66. The van der Waals surface area contributed by atoms with Gasteiger partial charge in [-0.1, -0.05) is 24.6 Å². The minimum Gasteiger partial charge on any atom is -0.347 e. The van der Waals surface area contributed by atoms with Crippen LogP contribution in [-0.4, -0.2) is 34.3 Å². The van der Waals surface area contributed by atoms with Gasteiger partial charge in [0.05, 0.1) is 0 Å². The molecule has 1 aliphatic carbocycles. The first kappa shape index (κ1) is 11.9. The van der Waals surface area contributed by atoms with Gasteiger partial charge in [0.15, 0.2) is 5.16 Å². The molecule has 0 bridgehead atoms. The van der Waals surface area contributed by atoms with Crippen LogP contribution in [0.25, 0.3) is 0 Å². The van der Waals surface area contributed by atoms with Gasteiger partial charge >= 0.3 is 0 Å². The molecule has 0 aliphatic heterocycles. The molecular formula is C10H15ClN4S. The van der Waals surface area contributed by atoms with Gasteiger partial charge in [0, 0.05) is 19.3 Å². The second-order valence-corrected chi connectivity index (χ2v) is 5.71. The molecule has 1 saturated carbocycles. The second-order valence-electron chi connectivity index (χ2n) is 4.11. The van der Waals surface area contributed by atoms with Crippen LogP contribution in [0.15, 0.2) is 5.16 Å². The van der Waals surface area contributed by atoms with Crippen molar-refractivity contribution in [3.8, 4) is 0 Å². The van der Waals surface area contributed by atoms with Gasteiger partial charge in [-0.2, -0.15) is 15.0 Å². The molecule has 0 amide bonds. The van der Waals surface area contributed by atoms with Crippen molar-refractivity contribution in [3.63, 3.8) is 0 Å². The van der Waals surface area contributed by atoms with Crippen LogP contribution in [0, 0.1) is 0 Å². The van der Waals surface area contributed by atoms with Gasteiger partial charge in [0.25, 0.3) is 0 Å². The Bertz CT molecular complexity index is 366. The van der Waals surface area contributed by atoms with Crippen molar-refractivity contribution in [2.45, 2.75) is 36.1 Å². The summed E-state index contributed by atoms with van der Waals surface area (Å²) in [5.74, 6) is 0.625. The van der Waals surface area contributed by atoms with Crippen LogP contribution in [0.3, 0.4) is 0 Å². The largest absolute Gasteiger partial charge is 0.347 e. The Morgan fingerprint density at radius 1 is 1.19 bits per heavy atom. The molecule has 1 aromatic rings. The van der Waals surface area contributed by atoms with Gasteiger partial charge in [-0.25, -0.2) is 0 Å². The van der Waals surface area contributed by atoms with E-state index in [1.165, 1.54) is 25.7 Å². The summed E-state index contributed by atoms with van der Waals surface area (Å²) in [7, 11) is 3.80. The van der Waals surface area contributed by atoms with E-state index in [1.807, 2.05) is 19.0 Å². The van der Waals surface area contributed by atoms with Gasteiger partial charge in [0.2, 0.25) is 11.2 Å². The Morgan fingerprint density at radius 2 is 1.88 bits per heavy atom. The highest BCUT2D eigenvalue weighted by molar-refractivity contribution is 7.99. The fourth-order valence-electron chi connectivity index (χ4n) is 1.73. The summed E-state index contributed by atoms with van der Waals surface area (Å²) in [6, 6.07) is 0. The van der Waals surface area contributed by atoms with Crippen molar-refractivity contribution in [1.82, 2.24) is 15.0 Å². The van der Waals surface area contributed by atoms with Crippen LogP contribution in [-0.2, 0) is 0 Å². The average molecular weight is 259 g/mol. The summed E-state index contributed by atoms with van der Waals surface area (Å²) >= 11 is 7.60. The topological polar surface area (TPSA) is 41.9 Å². The summed E-state index contributed by atoms with van der Waals surface area (Å²) in [5, 5.41) is 1.67. The van der Waals surface area contributed by atoms with E-state index in [1.54, 1.807) is 11.8 Å². The highest BCUT2D eigenvalue weighted by Gasteiger charge is 2.18. The van der Waals surface area contributed by atoms with E-state index in [2.05, 4.69) is 15.0 Å². The molecule has 0 spiro atoms. The molecule has 0 atom stereocenters. The zero-order valence-corrected chi connectivity index (χ0v) is 11.1. The summed E-state index contributed by atoms with van der Waals surface area (Å²) < 4.78 is 0. The van der Waals surface area contributed by atoms with Crippen LogP contribution in [0.2, 0.25) is 5.28 Å². The maximum atomic E-state index is 5.88. The predicted molar refractivity (Wildman–Crippen MR) is 67.3 cm³/mol. The monoisotopic (exact) mass is 258 g/mol. The Balaban J connectivity index is 2.13. The van der Waals surface area contributed by atoms with Crippen LogP contribution < -0.4 is 4.90 Å². The Hall–Kier alpha value is -0.550. The highest BCUT2D eigenvalue weighted by atomic mass is 35.5. The van der Waals surface area contributed by atoms with E-state index in [4.69, 9.17) is 11.6 Å². The zero-order valence-electron chi connectivity index (χ0n) is 9.48. The summed E-state index contributed by atoms with van der Waals surface area (Å²) in [4.78, 5) is 14.4. The lowest BCUT2D eigenvalue weighted by atomic mass is 10.4. The molecule has 1 fully saturated rings. The Labute approximate surface area is 105 Å². The molecule has 0 radical (unpaired) electrons. The Kier molecular flexibility index (Phi) is 3.86. The van der Waals surface area contributed by atoms with E-state index in [9.17, 15) is 0 Å². The molecular weight excluding hydrogens is 244 g/mol. The molecule has 6 heteroatoms. The maximum Gasteiger partial charge on any atom is 0.230 e. The van der Waals surface area contributed by atoms with E-state index in [0.717, 1.165) is 5.16 Å². The minimum absolute atomic E-state index is 0.277. The molecule has 0 unspecified atom stereocenters. The summed E-state index contributed by atoms with van der Waals surface area (Å²) in [5.41, 5.74) is 0. The predicted octanol–water partition coefficient (Wildman–Crippen LogP) is 2.63. The highest BCUT2D eigenvalue weighted by Crippen LogP contribution is 2.33. The minimum atomic E-state index is 0.277. The maximum absolute atomic E-state index is 5.88. The van der Waals surface area contributed by atoms with Crippen molar-refractivity contribution in [3.05, 3.63) is 5.28 Å². The van der Waals surface area contributed by atoms with Gasteiger partial charge in [-0.15, -0.1) is 0 Å². The number of anilines is 1. The van der Waals surface area contributed by atoms with Crippen molar-refractivity contribution < 1.29 is 0 Å². The van der Waals surface area contributed by atoms with Gasteiger partial charge in [-0.05, 0) is 24.4 Å². The zero-order chi connectivity index (χ0) is 11.5. The quantitative estimate of drug-likeness (QED) is 0.834. The Morgan fingerprint density at radius 3 is 2.50 bits per heavy atom. The fourth-order valence-corrected chi connectivity index (χ4v) is 3.08. The number of halogens is 1. The SMILES string of the molecule is CN(C)c1nc(Cl)nc(SC2CCCC2)n1. The third-order valence-corrected chi connectivity index (χ3v) is 3.92. The number of aromatic nitrogens is 3. The molecule has 0 aromatic carbocycles. The molecule has 16 heavy (non-hydrogen) atoms. The lowest BCUT2D eigenvalue weighted by Gasteiger charge is -2.12.